The molecule has 0 bridgehead atoms. The summed E-state index contributed by atoms with van der Waals surface area (Å²) < 4.78 is 17.3. The van der Waals surface area contributed by atoms with Gasteiger partial charge in [0.15, 0.2) is 0 Å². The lowest BCUT2D eigenvalue weighted by atomic mass is 10.0. The van der Waals surface area contributed by atoms with Crippen LogP contribution in [0.3, 0.4) is 0 Å². The second-order valence-corrected chi connectivity index (χ2v) is 8.41. The first-order valence-electron chi connectivity index (χ1n) is 11.7. The third kappa shape index (κ3) is 10.5. The largest absolute Gasteiger partial charge is 0.462 e. The molecule has 0 spiro atoms. The zero-order chi connectivity index (χ0) is 19.2. The summed E-state index contributed by atoms with van der Waals surface area (Å²) in [6.45, 7) is 4.02. The summed E-state index contributed by atoms with van der Waals surface area (Å²) in [5, 5.41) is 0. The highest BCUT2D eigenvalue weighted by atomic mass is 16.5. The predicted octanol–water partition coefficient (Wildman–Crippen LogP) is 5.96. The maximum absolute atomic E-state index is 12.3. The molecule has 0 aromatic carbocycles. The van der Waals surface area contributed by atoms with Crippen molar-refractivity contribution >= 4 is 5.97 Å². The standard InChI is InChI=1S/C23H42O4/c1-2-3-4-5-6-7-8-13-23(24)27-22(16-14-20-11-9-18-25-20)17-15-21-12-10-19-26-21/h20-22H,2-19H2,1H3/t20-,21+,22?. The number of unbranched alkanes of at least 4 members (excludes halogenated alkanes) is 6. The average Bonchev–Trinajstić information content (AvgIpc) is 3.37. The Hall–Kier alpha value is -0.610. The molecule has 2 heterocycles. The van der Waals surface area contributed by atoms with E-state index >= 15 is 0 Å². The molecule has 0 aromatic rings. The summed E-state index contributed by atoms with van der Waals surface area (Å²) in [4.78, 5) is 12.3. The molecule has 0 saturated carbocycles. The first-order valence-corrected chi connectivity index (χ1v) is 11.7. The molecule has 2 aliphatic rings. The quantitative estimate of drug-likeness (QED) is 0.259. The van der Waals surface area contributed by atoms with Gasteiger partial charge in [0, 0.05) is 19.6 Å². The molecule has 0 aromatic heterocycles. The van der Waals surface area contributed by atoms with E-state index in [4.69, 9.17) is 14.2 Å². The van der Waals surface area contributed by atoms with Crippen molar-refractivity contribution in [2.45, 2.75) is 128 Å². The molecule has 2 saturated heterocycles. The lowest BCUT2D eigenvalue weighted by Gasteiger charge is -2.21. The third-order valence-electron chi connectivity index (χ3n) is 5.95. The second kappa shape index (κ2) is 14.4. The number of hydrogen-bond donors (Lipinski definition) is 0. The minimum absolute atomic E-state index is 0.00626. The molecule has 4 nitrogen and oxygen atoms in total. The van der Waals surface area contributed by atoms with Gasteiger partial charge >= 0.3 is 5.97 Å². The SMILES string of the molecule is CCCCCCCCCC(=O)OC(CC[C@H]1CCCO1)CC[C@@H]1CCCO1. The van der Waals surface area contributed by atoms with Gasteiger partial charge in [-0.3, -0.25) is 4.79 Å². The zero-order valence-corrected chi connectivity index (χ0v) is 17.6. The van der Waals surface area contributed by atoms with Gasteiger partial charge in [0.2, 0.25) is 0 Å². The van der Waals surface area contributed by atoms with Gasteiger partial charge in [-0.05, 0) is 57.8 Å². The zero-order valence-electron chi connectivity index (χ0n) is 17.6. The highest BCUT2D eigenvalue weighted by Gasteiger charge is 2.23. The van der Waals surface area contributed by atoms with Crippen LogP contribution in [0.4, 0.5) is 0 Å². The topological polar surface area (TPSA) is 44.8 Å². The predicted molar refractivity (Wildman–Crippen MR) is 109 cm³/mol. The molecule has 0 amide bonds. The molecule has 4 heteroatoms. The molecule has 1 unspecified atom stereocenters. The lowest BCUT2D eigenvalue weighted by molar-refractivity contribution is -0.150. The first kappa shape index (κ1) is 22.7. The molecule has 2 rings (SSSR count). The van der Waals surface area contributed by atoms with Crippen molar-refractivity contribution < 1.29 is 19.0 Å². The van der Waals surface area contributed by atoms with Crippen LogP contribution in [0.5, 0.6) is 0 Å². The Morgan fingerprint density at radius 2 is 1.44 bits per heavy atom. The van der Waals surface area contributed by atoms with E-state index < -0.39 is 0 Å². The van der Waals surface area contributed by atoms with E-state index in [2.05, 4.69) is 6.92 Å². The Bertz CT molecular complexity index is 353. The van der Waals surface area contributed by atoms with Crippen molar-refractivity contribution in [2.24, 2.45) is 0 Å². The van der Waals surface area contributed by atoms with Gasteiger partial charge in [-0.2, -0.15) is 0 Å². The molecule has 2 fully saturated rings. The van der Waals surface area contributed by atoms with Gasteiger partial charge in [-0.25, -0.2) is 0 Å². The maximum atomic E-state index is 12.3. The molecule has 0 radical (unpaired) electrons. The lowest BCUT2D eigenvalue weighted by Crippen LogP contribution is -2.22. The monoisotopic (exact) mass is 382 g/mol. The summed E-state index contributed by atoms with van der Waals surface area (Å²) in [5.74, 6) is -0.00626. The number of ether oxygens (including phenoxy) is 3. The van der Waals surface area contributed by atoms with Crippen LogP contribution in [-0.2, 0) is 19.0 Å². The minimum atomic E-state index is -0.00626. The number of esters is 1. The number of carbonyl (C=O) groups excluding carboxylic acids is 1. The Kier molecular flexibility index (Phi) is 12.1. The molecular weight excluding hydrogens is 340 g/mol. The van der Waals surface area contributed by atoms with Gasteiger partial charge in [0.25, 0.3) is 0 Å². The van der Waals surface area contributed by atoms with Crippen molar-refractivity contribution in [1.29, 1.82) is 0 Å². The first-order chi connectivity index (χ1) is 13.3. The molecule has 158 valence electrons. The van der Waals surface area contributed by atoms with Crippen molar-refractivity contribution in [3.05, 3.63) is 0 Å². The normalized spacial score (nSPS) is 23.6. The highest BCUT2D eigenvalue weighted by molar-refractivity contribution is 5.69. The van der Waals surface area contributed by atoms with E-state index in [9.17, 15) is 4.79 Å². The Morgan fingerprint density at radius 1 is 0.889 bits per heavy atom. The summed E-state index contributed by atoms with van der Waals surface area (Å²) >= 11 is 0. The molecule has 2 aliphatic heterocycles. The minimum Gasteiger partial charge on any atom is -0.462 e. The van der Waals surface area contributed by atoms with Crippen molar-refractivity contribution in [3.8, 4) is 0 Å². The summed E-state index contributed by atoms with van der Waals surface area (Å²) in [6, 6.07) is 0. The van der Waals surface area contributed by atoms with Crippen molar-refractivity contribution in [1.82, 2.24) is 0 Å². The third-order valence-corrected chi connectivity index (χ3v) is 5.95. The molecule has 0 aliphatic carbocycles. The highest BCUT2D eigenvalue weighted by Crippen LogP contribution is 2.24. The number of carbonyl (C=O) groups is 1. The van der Waals surface area contributed by atoms with E-state index in [0.29, 0.717) is 18.6 Å². The van der Waals surface area contributed by atoms with Crippen LogP contribution in [0.25, 0.3) is 0 Å². The smallest absolute Gasteiger partial charge is 0.306 e. The van der Waals surface area contributed by atoms with Gasteiger partial charge in [-0.15, -0.1) is 0 Å². The van der Waals surface area contributed by atoms with Gasteiger partial charge < -0.3 is 14.2 Å². The van der Waals surface area contributed by atoms with Crippen LogP contribution in [-0.4, -0.2) is 37.5 Å². The Morgan fingerprint density at radius 3 is 1.96 bits per heavy atom. The van der Waals surface area contributed by atoms with Gasteiger partial charge in [-0.1, -0.05) is 45.4 Å². The molecule has 27 heavy (non-hydrogen) atoms. The van der Waals surface area contributed by atoms with E-state index in [1.807, 2.05) is 0 Å². The van der Waals surface area contributed by atoms with Crippen LogP contribution in [0, 0.1) is 0 Å². The average molecular weight is 383 g/mol. The summed E-state index contributed by atoms with van der Waals surface area (Å²) in [7, 11) is 0. The van der Waals surface area contributed by atoms with E-state index in [1.165, 1.54) is 44.9 Å². The number of hydrogen-bond acceptors (Lipinski definition) is 4. The molecule has 3 atom stereocenters. The Labute approximate surface area is 166 Å². The molecule has 0 N–H and O–H groups in total. The summed E-state index contributed by atoms with van der Waals surface area (Å²) in [6.07, 6.45) is 18.5. The molecular formula is C23H42O4. The van der Waals surface area contributed by atoms with Crippen LogP contribution in [0.15, 0.2) is 0 Å². The fourth-order valence-corrected chi connectivity index (χ4v) is 4.22. The van der Waals surface area contributed by atoms with Crippen LogP contribution >= 0.6 is 0 Å². The number of rotatable bonds is 15. The van der Waals surface area contributed by atoms with Crippen LogP contribution in [0.1, 0.15) is 110 Å². The van der Waals surface area contributed by atoms with E-state index in [-0.39, 0.29) is 12.1 Å². The Balaban J connectivity index is 1.61. The fourth-order valence-electron chi connectivity index (χ4n) is 4.22. The summed E-state index contributed by atoms with van der Waals surface area (Å²) in [5.41, 5.74) is 0. The van der Waals surface area contributed by atoms with Gasteiger partial charge in [0.1, 0.15) is 6.10 Å². The van der Waals surface area contributed by atoms with Crippen molar-refractivity contribution in [2.75, 3.05) is 13.2 Å². The van der Waals surface area contributed by atoms with Gasteiger partial charge in [0.05, 0.1) is 12.2 Å². The van der Waals surface area contributed by atoms with Crippen molar-refractivity contribution in [3.63, 3.8) is 0 Å². The van der Waals surface area contributed by atoms with E-state index in [1.54, 1.807) is 0 Å². The fraction of sp³-hybridized carbons (Fsp3) is 0.957. The second-order valence-electron chi connectivity index (χ2n) is 8.41. The maximum Gasteiger partial charge on any atom is 0.306 e. The van der Waals surface area contributed by atoms with Crippen LogP contribution in [0.2, 0.25) is 0 Å². The van der Waals surface area contributed by atoms with Crippen LogP contribution < -0.4 is 0 Å². The van der Waals surface area contributed by atoms with E-state index in [0.717, 1.165) is 64.6 Å².